The zero-order valence-electron chi connectivity index (χ0n) is 15.2. The average Bonchev–Trinajstić information content (AvgIpc) is 2.73. The molecule has 0 unspecified atom stereocenters. The number of hydrogen-bond acceptors (Lipinski definition) is 3. The van der Waals surface area contributed by atoms with Gasteiger partial charge in [0.15, 0.2) is 0 Å². The number of rotatable bonds is 6. The molecule has 0 spiro atoms. The van der Waals surface area contributed by atoms with Gasteiger partial charge in [0.05, 0.1) is 12.8 Å². The number of ether oxygens (including phenoxy) is 1. The minimum atomic E-state index is -0.369. The van der Waals surface area contributed by atoms with Crippen molar-refractivity contribution in [2.24, 2.45) is 0 Å². The van der Waals surface area contributed by atoms with Crippen LogP contribution in [0.2, 0.25) is 0 Å². The van der Waals surface area contributed by atoms with E-state index >= 15 is 0 Å². The maximum atomic E-state index is 13.6. The largest absolute Gasteiger partial charge is 0.495 e. The maximum absolute atomic E-state index is 13.6. The van der Waals surface area contributed by atoms with E-state index in [1.807, 2.05) is 6.07 Å². The number of amides is 2. The number of anilines is 1. The summed E-state index contributed by atoms with van der Waals surface area (Å²) in [5.41, 5.74) is 1.74. The molecule has 0 saturated carbocycles. The van der Waals surface area contributed by atoms with E-state index in [9.17, 15) is 14.0 Å². The Morgan fingerprint density at radius 2 is 1.46 bits per heavy atom. The Balaban J connectivity index is 1.63. The van der Waals surface area contributed by atoms with Gasteiger partial charge in [-0.05, 0) is 42.5 Å². The Morgan fingerprint density at radius 3 is 2.14 bits per heavy atom. The lowest BCUT2D eigenvalue weighted by atomic mass is 10.1. The summed E-state index contributed by atoms with van der Waals surface area (Å²) in [6.45, 7) is 0.0849. The molecule has 0 heterocycles. The summed E-state index contributed by atoms with van der Waals surface area (Å²) in [7, 11) is 1.53. The van der Waals surface area contributed by atoms with Crippen LogP contribution in [0.1, 0.15) is 26.3 Å². The fraction of sp³-hybridized carbons (Fsp3) is 0.0909. The van der Waals surface area contributed by atoms with Crippen molar-refractivity contribution in [3.63, 3.8) is 0 Å². The van der Waals surface area contributed by atoms with E-state index < -0.39 is 0 Å². The van der Waals surface area contributed by atoms with Crippen LogP contribution in [0.5, 0.6) is 5.75 Å². The molecule has 3 aromatic rings. The van der Waals surface area contributed by atoms with E-state index in [0.29, 0.717) is 28.1 Å². The van der Waals surface area contributed by atoms with Crippen molar-refractivity contribution in [2.75, 3.05) is 12.4 Å². The van der Waals surface area contributed by atoms with Crippen molar-refractivity contribution in [3.05, 3.63) is 95.3 Å². The van der Waals surface area contributed by atoms with Gasteiger partial charge in [0.25, 0.3) is 11.8 Å². The van der Waals surface area contributed by atoms with Gasteiger partial charge in [0.1, 0.15) is 11.6 Å². The molecule has 0 fully saturated rings. The topological polar surface area (TPSA) is 67.4 Å². The molecule has 0 aliphatic heterocycles. The summed E-state index contributed by atoms with van der Waals surface area (Å²) < 4.78 is 18.8. The molecule has 0 radical (unpaired) electrons. The van der Waals surface area contributed by atoms with E-state index in [1.54, 1.807) is 60.7 Å². The van der Waals surface area contributed by atoms with Crippen molar-refractivity contribution in [2.45, 2.75) is 6.54 Å². The Hall–Kier alpha value is -3.67. The number of nitrogens with one attached hydrogen (secondary N) is 2. The summed E-state index contributed by atoms with van der Waals surface area (Å²) in [4.78, 5) is 24.6. The zero-order chi connectivity index (χ0) is 19.9. The molecular formula is C22H19FN2O3. The molecule has 2 amide bonds. The van der Waals surface area contributed by atoms with Crippen molar-refractivity contribution < 1.29 is 18.7 Å². The molecule has 2 N–H and O–H groups in total. The van der Waals surface area contributed by atoms with Crippen LogP contribution in [0.15, 0.2) is 72.8 Å². The number of halogens is 1. The Morgan fingerprint density at radius 1 is 0.857 bits per heavy atom. The second-order valence-electron chi connectivity index (χ2n) is 6.01. The van der Waals surface area contributed by atoms with Crippen molar-refractivity contribution in [1.29, 1.82) is 0 Å². The minimum Gasteiger partial charge on any atom is -0.495 e. The molecule has 3 rings (SSSR count). The van der Waals surface area contributed by atoms with Gasteiger partial charge >= 0.3 is 0 Å². The second kappa shape index (κ2) is 8.81. The standard InChI is InChI=1S/C22H19FN2O3/c1-28-20-9-5-4-8-19(20)25-22(27)16-12-10-15(11-13-16)21(26)24-14-17-6-2-3-7-18(17)23/h2-13H,14H2,1H3,(H,24,26)(H,25,27). The van der Waals surface area contributed by atoms with E-state index in [2.05, 4.69) is 10.6 Å². The number of para-hydroxylation sites is 2. The van der Waals surface area contributed by atoms with Gasteiger partial charge in [-0.2, -0.15) is 0 Å². The predicted octanol–water partition coefficient (Wildman–Crippen LogP) is 4.02. The van der Waals surface area contributed by atoms with Gasteiger partial charge in [-0.15, -0.1) is 0 Å². The fourth-order valence-electron chi connectivity index (χ4n) is 2.63. The highest BCUT2D eigenvalue weighted by atomic mass is 19.1. The first kappa shape index (κ1) is 19.1. The quantitative estimate of drug-likeness (QED) is 0.681. The lowest BCUT2D eigenvalue weighted by Crippen LogP contribution is -2.23. The van der Waals surface area contributed by atoms with Gasteiger partial charge in [-0.1, -0.05) is 30.3 Å². The maximum Gasteiger partial charge on any atom is 0.255 e. The summed E-state index contributed by atoms with van der Waals surface area (Å²) in [5, 5.41) is 5.44. The van der Waals surface area contributed by atoms with Crippen LogP contribution in [-0.2, 0) is 6.54 Å². The Labute approximate surface area is 162 Å². The molecule has 0 bridgehead atoms. The highest BCUT2D eigenvalue weighted by Crippen LogP contribution is 2.23. The van der Waals surface area contributed by atoms with Crippen molar-refractivity contribution in [1.82, 2.24) is 5.32 Å². The first-order chi connectivity index (χ1) is 13.6. The highest BCUT2D eigenvalue weighted by molar-refractivity contribution is 6.05. The van der Waals surface area contributed by atoms with Crippen LogP contribution in [0.25, 0.3) is 0 Å². The third-order valence-corrected chi connectivity index (χ3v) is 4.16. The Kier molecular flexibility index (Phi) is 6.01. The lowest BCUT2D eigenvalue weighted by molar-refractivity contribution is 0.0948. The van der Waals surface area contributed by atoms with E-state index in [1.165, 1.54) is 13.2 Å². The molecule has 0 aliphatic rings. The molecule has 0 aromatic heterocycles. The number of methoxy groups -OCH3 is 1. The van der Waals surface area contributed by atoms with Gasteiger partial charge in [0.2, 0.25) is 0 Å². The summed E-state index contributed by atoms with van der Waals surface area (Å²) in [6.07, 6.45) is 0. The van der Waals surface area contributed by atoms with Crippen molar-refractivity contribution >= 4 is 17.5 Å². The van der Waals surface area contributed by atoms with E-state index in [-0.39, 0.29) is 24.2 Å². The fourth-order valence-corrected chi connectivity index (χ4v) is 2.63. The number of carbonyl (C=O) groups is 2. The van der Waals surface area contributed by atoms with E-state index in [4.69, 9.17) is 4.74 Å². The SMILES string of the molecule is COc1ccccc1NC(=O)c1ccc(C(=O)NCc2ccccc2F)cc1. The third-order valence-electron chi connectivity index (χ3n) is 4.16. The summed E-state index contributed by atoms with van der Waals surface area (Å²) in [5.74, 6) is -0.478. The van der Waals surface area contributed by atoms with Gasteiger partial charge in [0, 0.05) is 23.2 Å². The molecule has 142 valence electrons. The first-order valence-corrected chi connectivity index (χ1v) is 8.64. The molecule has 0 atom stereocenters. The molecular weight excluding hydrogens is 359 g/mol. The van der Waals surface area contributed by atoms with Crippen LogP contribution >= 0.6 is 0 Å². The monoisotopic (exact) mass is 378 g/mol. The van der Waals surface area contributed by atoms with Crippen LogP contribution in [0.4, 0.5) is 10.1 Å². The second-order valence-corrected chi connectivity index (χ2v) is 6.01. The number of carbonyl (C=O) groups excluding carboxylic acids is 2. The summed E-state index contributed by atoms with van der Waals surface area (Å²) >= 11 is 0. The van der Waals surface area contributed by atoms with Crippen molar-refractivity contribution in [3.8, 4) is 5.75 Å². The molecule has 3 aromatic carbocycles. The van der Waals surface area contributed by atoms with Gasteiger partial charge in [-0.3, -0.25) is 9.59 Å². The zero-order valence-corrected chi connectivity index (χ0v) is 15.2. The normalized spacial score (nSPS) is 10.2. The average molecular weight is 378 g/mol. The summed E-state index contributed by atoms with van der Waals surface area (Å²) in [6, 6.07) is 19.6. The molecule has 28 heavy (non-hydrogen) atoms. The van der Waals surface area contributed by atoms with Crippen LogP contribution in [0, 0.1) is 5.82 Å². The molecule has 5 nitrogen and oxygen atoms in total. The predicted molar refractivity (Wildman–Crippen MR) is 105 cm³/mol. The van der Waals surface area contributed by atoms with Crippen LogP contribution in [0.3, 0.4) is 0 Å². The smallest absolute Gasteiger partial charge is 0.255 e. The molecule has 0 saturated heterocycles. The number of benzene rings is 3. The third kappa shape index (κ3) is 4.54. The van der Waals surface area contributed by atoms with E-state index in [0.717, 1.165) is 0 Å². The molecule has 6 heteroatoms. The van der Waals surface area contributed by atoms with Crippen LogP contribution < -0.4 is 15.4 Å². The molecule has 0 aliphatic carbocycles. The number of hydrogen-bond donors (Lipinski definition) is 2. The van der Waals surface area contributed by atoms with Gasteiger partial charge in [-0.25, -0.2) is 4.39 Å². The Bertz CT molecular complexity index is 987. The first-order valence-electron chi connectivity index (χ1n) is 8.64. The van der Waals surface area contributed by atoms with Gasteiger partial charge < -0.3 is 15.4 Å². The minimum absolute atomic E-state index is 0.0849. The van der Waals surface area contributed by atoms with Crippen LogP contribution in [-0.4, -0.2) is 18.9 Å². The highest BCUT2D eigenvalue weighted by Gasteiger charge is 2.11. The lowest BCUT2D eigenvalue weighted by Gasteiger charge is -2.10.